The van der Waals surface area contributed by atoms with Crippen LogP contribution in [0.1, 0.15) is 55.5 Å². The Bertz CT molecular complexity index is 897. The van der Waals surface area contributed by atoms with Gasteiger partial charge in [0.05, 0.1) is 6.61 Å². The summed E-state index contributed by atoms with van der Waals surface area (Å²) in [5, 5.41) is 0. The van der Waals surface area contributed by atoms with E-state index in [4.69, 9.17) is 15.2 Å². The SMILES string of the molecule is CCOc1c(C)cc(-c2cc3c(cc2F)[C@H](OC(N)=O)C(C)(C)CC3)cc1C. The van der Waals surface area contributed by atoms with E-state index in [9.17, 15) is 4.79 Å². The first kappa shape index (κ1) is 20.2. The molecule has 0 radical (unpaired) electrons. The number of primary amides is 1. The molecule has 2 N–H and O–H groups in total. The fourth-order valence-electron chi connectivity index (χ4n) is 4.14. The van der Waals surface area contributed by atoms with E-state index in [1.807, 2.05) is 52.8 Å². The Balaban J connectivity index is 2.09. The zero-order valence-electron chi connectivity index (χ0n) is 17.2. The lowest BCUT2D eigenvalue weighted by Gasteiger charge is -2.39. The second-order valence-corrected chi connectivity index (χ2v) is 8.21. The van der Waals surface area contributed by atoms with Gasteiger partial charge in [-0.1, -0.05) is 13.8 Å². The molecule has 0 aliphatic heterocycles. The summed E-state index contributed by atoms with van der Waals surface area (Å²) < 4.78 is 26.2. The van der Waals surface area contributed by atoms with E-state index in [2.05, 4.69) is 0 Å². The minimum Gasteiger partial charge on any atom is -0.493 e. The molecule has 0 unspecified atom stereocenters. The smallest absolute Gasteiger partial charge is 0.405 e. The molecular formula is C23H28FNO3. The van der Waals surface area contributed by atoms with Gasteiger partial charge in [0.15, 0.2) is 0 Å². The predicted octanol–water partition coefficient (Wildman–Crippen LogP) is 5.62. The molecule has 1 aliphatic rings. The van der Waals surface area contributed by atoms with E-state index in [1.165, 1.54) is 6.07 Å². The van der Waals surface area contributed by atoms with Crippen molar-refractivity contribution in [3.05, 3.63) is 52.3 Å². The molecule has 0 bridgehead atoms. The van der Waals surface area contributed by atoms with Crippen LogP contribution in [-0.4, -0.2) is 12.7 Å². The lowest BCUT2D eigenvalue weighted by atomic mass is 9.71. The quantitative estimate of drug-likeness (QED) is 0.743. The van der Waals surface area contributed by atoms with Crippen LogP contribution in [0.2, 0.25) is 0 Å². The molecule has 1 aliphatic carbocycles. The highest BCUT2D eigenvalue weighted by atomic mass is 19.1. The molecule has 0 saturated carbocycles. The highest BCUT2D eigenvalue weighted by Crippen LogP contribution is 2.47. The fraction of sp³-hybridized carbons (Fsp3) is 0.435. The average molecular weight is 385 g/mol. The summed E-state index contributed by atoms with van der Waals surface area (Å²) in [6.45, 7) is 10.5. The van der Waals surface area contributed by atoms with Crippen LogP contribution in [0.4, 0.5) is 9.18 Å². The number of benzene rings is 2. The highest BCUT2D eigenvalue weighted by Gasteiger charge is 2.39. The molecule has 28 heavy (non-hydrogen) atoms. The van der Waals surface area contributed by atoms with E-state index in [0.29, 0.717) is 17.7 Å². The van der Waals surface area contributed by atoms with Crippen molar-refractivity contribution in [3.8, 4) is 16.9 Å². The van der Waals surface area contributed by atoms with Gasteiger partial charge in [0.25, 0.3) is 0 Å². The minimum absolute atomic E-state index is 0.303. The van der Waals surface area contributed by atoms with Crippen molar-refractivity contribution in [2.24, 2.45) is 11.1 Å². The molecular weight excluding hydrogens is 357 g/mol. The molecule has 0 fully saturated rings. The molecule has 2 aromatic carbocycles. The maximum Gasteiger partial charge on any atom is 0.405 e. The maximum atomic E-state index is 15.1. The number of carbonyl (C=O) groups excluding carboxylic acids is 1. The fourth-order valence-corrected chi connectivity index (χ4v) is 4.14. The lowest BCUT2D eigenvalue weighted by Crippen LogP contribution is -2.33. The second kappa shape index (κ2) is 7.46. The van der Waals surface area contributed by atoms with Crippen LogP contribution in [-0.2, 0) is 11.2 Å². The van der Waals surface area contributed by atoms with Crippen molar-refractivity contribution in [1.82, 2.24) is 0 Å². The zero-order valence-corrected chi connectivity index (χ0v) is 17.2. The first-order valence-electron chi connectivity index (χ1n) is 9.67. The average Bonchev–Trinajstić information content (AvgIpc) is 2.60. The number of rotatable bonds is 4. The van der Waals surface area contributed by atoms with Gasteiger partial charge in [0, 0.05) is 11.0 Å². The van der Waals surface area contributed by atoms with E-state index >= 15 is 4.39 Å². The Labute approximate surface area is 165 Å². The summed E-state index contributed by atoms with van der Waals surface area (Å²) in [5.41, 5.74) is 9.98. The van der Waals surface area contributed by atoms with E-state index in [1.54, 1.807) is 0 Å². The molecule has 2 aromatic rings. The largest absolute Gasteiger partial charge is 0.493 e. The highest BCUT2D eigenvalue weighted by molar-refractivity contribution is 5.70. The first-order chi connectivity index (χ1) is 13.1. The number of hydrogen-bond donors (Lipinski definition) is 1. The van der Waals surface area contributed by atoms with Crippen molar-refractivity contribution in [2.75, 3.05) is 6.61 Å². The molecule has 5 heteroatoms. The number of fused-ring (bicyclic) bond motifs is 1. The van der Waals surface area contributed by atoms with Gasteiger partial charge in [0.1, 0.15) is 17.7 Å². The summed E-state index contributed by atoms with van der Waals surface area (Å²) in [5.74, 6) is 0.513. The minimum atomic E-state index is -0.840. The van der Waals surface area contributed by atoms with Crippen molar-refractivity contribution in [1.29, 1.82) is 0 Å². The molecule has 0 saturated heterocycles. The van der Waals surface area contributed by atoms with Crippen molar-refractivity contribution in [3.63, 3.8) is 0 Å². The number of halogens is 1. The zero-order chi connectivity index (χ0) is 20.6. The number of nitrogens with two attached hydrogens (primary N) is 1. The van der Waals surface area contributed by atoms with Gasteiger partial charge in [-0.05, 0) is 85.7 Å². The molecule has 4 nitrogen and oxygen atoms in total. The molecule has 1 atom stereocenters. The second-order valence-electron chi connectivity index (χ2n) is 8.21. The molecule has 150 valence electrons. The van der Waals surface area contributed by atoms with Gasteiger partial charge in [0.2, 0.25) is 0 Å². The Kier molecular flexibility index (Phi) is 5.37. The Morgan fingerprint density at radius 1 is 1.21 bits per heavy atom. The normalized spacial score (nSPS) is 17.7. The van der Waals surface area contributed by atoms with Gasteiger partial charge in [-0.25, -0.2) is 9.18 Å². The van der Waals surface area contributed by atoms with Crippen molar-refractivity contribution >= 4 is 6.09 Å². The standard InChI is InChI=1S/C23H28FNO3/c1-6-27-20-13(2)9-16(10-14(20)3)17-11-15-7-8-23(4,5)21(28-22(25)26)18(15)12-19(17)24/h9-12,21H,6-8H2,1-5H3,(H2,25,26)/t21-/m0/s1. The first-order valence-corrected chi connectivity index (χ1v) is 9.67. The summed E-state index contributed by atoms with van der Waals surface area (Å²) in [7, 11) is 0. The summed E-state index contributed by atoms with van der Waals surface area (Å²) in [6, 6.07) is 7.28. The third-order valence-electron chi connectivity index (χ3n) is 5.55. The van der Waals surface area contributed by atoms with Crippen molar-refractivity contribution < 1.29 is 18.7 Å². The summed E-state index contributed by atoms with van der Waals surface area (Å²) in [6.07, 6.45) is 0.224. The third kappa shape index (κ3) is 3.71. The molecule has 0 aromatic heterocycles. The summed E-state index contributed by atoms with van der Waals surface area (Å²) >= 11 is 0. The van der Waals surface area contributed by atoms with E-state index < -0.39 is 12.2 Å². The maximum absolute atomic E-state index is 15.1. The van der Waals surface area contributed by atoms with Gasteiger partial charge in [-0.3, -0.25) is 0 Å². The monoisotopic (exact) mass is 385 g/mol. The van der Waals surface area contributed by atoms with Crippen LogP contribution >= 0.6 is 0 Å². The van der Waals surface area contributed by atoms with E-state index in [-0.39, 0.29) is 11.2 Å². The van der Waals surface area contributed by atoms with Crippen LogP contribution in [0.5, 0.6) is 5.75 Å². The van der Waals surface area contributed by atoms with Gasteiger partial charge < -0.3 is 15.2 Å². The Morgan fingerprint density at radius 3 is 2.43 bits per heavy atom. The van der Waals surface area contributed by atoms with Crippen LogP contribution < -0.4 is 10.5 Å². The molecule has 0 heterocycles. The van der Waals surface area contributed by atoms with Gasteiger partial charge in [-0.15, -0.1) is 0 Å². The third-order valence-corrected chi connectivity index (χ3v) is 5.55. The number of aryl methyl sites for hydroxylation is 3. The lowest BCUT2D eigenvalue weighted by molar-refractivity contribution is 0.0145. The molecule has 3 rings (SSSR count). The number of amides is 1. The van der Waals surface area contributed by atoms with Gasteiger partial charge >= 0.3 is 6.09 Å². The van der Waals surface area contributed by atoms with Crippen molar-refractivity contribution in [2.45, 2.75) is 53.6 Å². The molecule has 1 amide bonds. The van der Waals surface area contributed by atoms with Gasteiger partial charge in [-0.2, -0.15) is 0 Å². The van der Waals surface area contributed by atoms with Crippen LogP contribution in [0.15, 0.2) is 24.3 Å². The van der Waals surface area contributed by atoms with Crippen LogP contribution in [0.25, 0.3) is 11.1 Å². The van der Waals surface area contributed by atoms with E-state index in [0.717, 1.165) is 40.8 Å². The van der Waals surface area contributed by atoms with Crippen LogP contribution in [0, 0.1) is 25.1 Å². The number of hydrogen-bond acceptors (Lipinski definition) is 3. The number of ether oxygens (including phenoxy) is 2. The number of carbonyl (C=O) groups is 1. The van der Waals surface area contributed by atoms with Crippen LogP contribution in [0.3, 0.4) is 0 Å². The Hall–Kier alpha value is -2.56. The molecule has 0 spiro atoms. The topological polar surface area (TPSA) is 61.6 Å². The summed E-state index contributed by atoms with van der Waals surface area (Å²) in [4.78, 5) is 11.4. The Morgan fingerprint density at radius 2 is 1.86 bits per heavy atom. The predicted molar refractivity (Wildman–Crippen MR) is 108 cm³/mol.